The summed E-state index contributed by atoms with van der Waals surface area (Å²) >= 11 is 0. The number of nitrogens with one attached hydrogen (secondary N) is 2. The summed E-state index contributed by atoms with van der Waals surface area (Å²) in [6, 6.07) is 0. The summed E-state index contributed by atoms with van der Waals surface area (Å²) in [5.74, 6) is -0.466. The van der Waals surface area contributed by atoms with E-state index in [1.165, 1.54) is 0 Å². The van der Waals surface area contributed by atoms with Crippen LogP contribution in [-0.4, -0.2) is 18.0 Å². The number of amides is 1. The van der Waals surface area contributed by atoms with Crippen molar-refractivity contribution in [2.75, 3.05) is 7.05 Å². The number of carbonyl (C=O) groups is 1. The predicted octanol–water partition coefficient (Wildman–Crippen LogP) is -1.73. The van der Waals surface area contributed by atoms with Crippen LogP contribution in [0.5, 0.6) is 0 Å². The van der Waals surface area contributed by atoms with Crippen LogP contribution in [-0.2, 0) is 4.79 Å². The molecule has 0 radical (unpaired) electrons. The molecule has 0 aromatic heterocycles. The van der Waals surface area contributed by atoms with E-state index in [0.29, 0.717) is 5.70 Å². The number of nitrogens with two attached hydrogens (primary N) is 1. The molecule has 1 aliphatic rings. The van der Waals surface area contributed by atoms with Crippen LogP contribution in [0.1, 0.15) is 0 Å². The third-order valence-electron chi connectivity index (χ3n) is 0.955. The van der Waals surface area contributed by atoms with E-state index >= 15 is 0 Å². The lowest BCUT2D eigenvalue weighted by atomic mass is 10.5. The second kappa shape index (κ2) is 1.94. The lowest BCUT2D eigenvalue weighted by Crippen LogP contribution is -2.35. The van der Waals surface area contributed by atoms with Gasteiger partial charge in [0.1, 0.15) is 5.70 Å². The van der Waals surface area contributed by atoms with Crippen molar-refractivity contribution in [1.82, 2.24) is 16.0 Å². The van der Waals surface area contributed by atoms with E-state index in [1.807, 2.05) is 0 Å². The minimum atomic E-state index is -0.466. The Balaban J connectivity index is 2.62. The summed E-state index contributed by atoms with van der Waals surface area (Å²) in [7, 11) is 1.75. The fraction of sp³-hybridized carbons (Fsp3) is 0.250. The van der Waals surface area contributed by atoms with E-state index < -0.39 is 5.91 Å². The maximum Gasteiger partial charge on any atom is 0.267 e. The normalized spacial score (nSPS) is 17.0. The van der Waals surface area contributed by atoms with E-state index in [4.69, 9.17) is 5.73 Å². The van der Waals surface area contributed by atoms with Gasteiger partial charge in [-0.05, 0) is 0 Å². The fourth-order valence-electron chi connectivity index (χ4n) is 0.532. The topological polar surface area (TPSA) is 70.4 Å². The number of hydrazine groups is 2. The van der Waals surface area contributed by atoms with Gasteiger partial charge in [-0.3, -0.25) is 15.2 Å². The predicted molar refractivity (Wildman–Crippen MR) is 31.3 cm³/mol. The molecule has 5 nitrogen and oxygen atoms in total. The lowest BCUT2D eigenvalue weighted by Gasteiger charge is -2.04. The highest BCUT2D eigenvalue weighted by Gasteiger charge is 2.10. The minimum Gasteiger partial charge on any atom is -0.364 e. The molecular formula is C4H8N4O. The van der Waals surface area contributed by atoms with E-state index in [2.05, 4.69) is 11.0 Å². The molecule has 0 spiro atoms. The van der Waals surface area contributed by atoms with E-state index in [0.717, 1.165) is 0 Å². The van der Waals surface area contributed by atoms with Crippen molar-refractivity contribution >= 4 is 5.91 Å². The van der Waals surface area contributed by atoms with Crippen LogP contribution >= 0.6 is 0 Å². The van der Waals surface area contributed by atoms with Crippen LogP contribution in [0.2, 0.25) is 0 Å². The molecule has 0 aliphatic carbocycles. The average molecular weight is 128 g/mol. The molecule has 0 atom stereocenters. The van der Waals surface area contributed by atoms with Crippen LogP contribution < -0.4 is 16.7 Å². The summed E-state index contributed by atoms with van der Waals surface area (Å²) in [6.07, 6.45) is 1.57. The molecule has 0 aromatic carbocycles. The van der Waals surface area contributed by atoms with Crippen LogP contribution in [0.25, 0.3) is 0 Å². The molecule has 1 amide bonds. The number of primary amides is 1. The zero-order valence-electron chi connectivity index (χ0n) is 5.01. The number of hydrogen-bond acceptors (Lipinski definition) is 4. The van der Waals surface area contributed by atoms with Gasteiger partial charge < -0.3 is 5.73 Å². The van der Waals surface area contributed by atoms with E-state index in [-0.39, 0.29) is 0 Å². The molecule has 0 saturated carbocycles. The Labute approximate surface area is 52.4 Å². The minimum absolute atomic E-state index is 0.373. The van der Waals surface area contributed by atoms with Crippen molar-refractivity contribution in [2.45, 2.75) is 0 Å². The highest BCUT2D eigenvalue weighted by Crippen LogP contribution is 1.93. The first-order valence-electron chi connectivity index (χ1n) is 2.46. The number of carbonyl (C=O) groups excluding carboxylic acids is 1. The molecular weight excluding hydrogens is 120 g/mol. The zero-order chi connectivity index (χ0) is 6.85. The standard InChI is InChI=1S/C4H8N4O/c1-8-2-3(4(5)9)6-7-8/h2,6-7H,1H3,(H2,5,9). The van der Waals surface area contributed by atoms with Crippen LogP contribution in [0.4, 0.5) is 0 Å². The largest absolute Gasteiger partial charge is 0.364 e. The maximum atomic E-state index is 10.4. The van der Waals surface area contributed by atoms with Crippen molar-refractivity contribution in [3.63, 3.8) is 0 Å². The highest BCUT2D eigenvalue weighted by atomic mass is 16.1. The molecule has 0 bridgehead atoms. The molecule has 0 fully saturated rings. The first-order valence-corrected chi connectivity index (χ1v) is 2.46. The third-order valence-corrected chi connectivity index (χ3v) is 0.955. The first kappa shape index (κ1) is 5.90. The van der Waals surface area contributed by atoms with Gasteiger partial charge in [0.25, 0.3) is 5.91 Å². The summed E-state index contributed by atoms with van der Waals surface area (Å²) < 4.78 is 0. The third kappa shape index (κ3) is 1.11. The lowest BCUT2D eigenvalue weighted by molar-refractivity contribution is -0.114. The second-order valence-electron chi connectivity index (χ2n) is 1.75. The molecule has 1 heterocycles. The van der Waals surface area contributed by atoms with Gasteiger partial charge >= 0.3 is 0 Å². The smallest absolute Gasteiger partial charge is 0.267 e. The Morgan fingerprint density at radius 2 is 2.56 bits per heavy atom. The number of nitrogens with zero attached hydrogens (tertiary/aromatic N) is 1. The maximum absolute atomic E-state index is 10.4. The van der Waals surface area contributed by atoms with Gasteiger partial charge in [-0.15, -0.1) is 5.53 Å². The molecule has 0 aromatic rings. The monoisotopic (exact) mass is 128 g/mol. The fourth-order valence-corrected chi connectivity index (χ4v) is 0.532. The van der Waals surface area contributed by atoms with E-state index in [9.17, 15) is 4.79 Å². The van der Waals surface area contributed by atoms with Crippen molar-refractivity contribution < 1.29 is 4.79 Å². The van der Waals surface area contributed by atoms with Crippen LogP contribution in [0, 0.1) is 0 Å². The molecule has 0 saturated heterocycles. The zero-order valence-corrected chi connectivity index (χ0v) is 5.01. The molecule has 1 aliphatic heterocycles. The number of rotatable bonds is 1. The molecule has 9 heavy (non-hydrogen) atoms. The van der Waals surface area contributed by atoms with Gasteiger partial charge in [-0.1, -0.05) is 0 Å². The van der Waals surface area contributed by atoms with Crippen LogP contribution in [0.3, 0.4) is 0 Å². The molecule has 5 heteroatoms. The van der Waals surface area contributed by atoms with Gasteiger partial charge in [-0.25, -0.2) is 0 Å². The van der Waals surface area contributed by atoms with Crippen molar-refractivity contribution in [2.24, 2.45) is 5.73 Å². The first-order chi connectivity index (χ1) is 4.20. The summed E-state index contributed by atoms with van der Waals surface area (Å²) in [5.41, 5.74) is 10.5. The molecule has 4 N–H and O–H groups in total. The van der Waals surface area contributed by atoms with Gasteiger partial charge in [-0.2, -0.15) is 0 Å². The summed E-state index contributed by atoms with van der Waals surface area (Å²) in [5, 5.41) is 1.60. The molecule has 50 valence electrons. The van der Waals surface area contributed by atoms with E-state index in [1.54, 1.807) is 18.3 Å². The van der Waals surface area contributed by atoms with Gasteiger partial charge in [0.15, 0.2) is 0 Å². The Morgan fingerprint density at radius 3 is 2.78 bits per heavy atom. The van der Waals surface area contributed by atoms with Gasteiger partial charge in [0, 0.05) is 13.2 Å². The quantitative estimate of drug-likeness (QED) is 0.392. The summed E-state index contributed by atoms with van der Waals surface area (Å²) in [6.45, 7) is 0. The Bertz CT molecular complexity index is 164. The SMILES string of the molecule is CN1C=C(C(N)=O)NN1. The Hall–Kier alpha value is -1.23. The second-order valence-corrected chi connectivity index (χ2v) is 1.75. The van der Waals surface area contributed by atoms with Gasteiger partial charge in [0.05, 0.1) is 0 Å². The van der Waals surface area contributed by atoms with Crippen LogP contribution in [0.15, 0.2) is 11.9 Å². The van der Waals surface area contributed by atoms with Crippen molar-refractivity contribution in [1.29, 1.82) is 0 Å². The molecule has 1 rings (SSSR count). The van der Waals surface area contributed by atoms with Gasteiger partial charge in [0.2, 0.25) is 0 Å². The van der Waals surface area contributed by atoms with Crippen molar-refractivity contribution in [3.8, 4) is 0 Å². The Kier molecular flexibility index (Phi) is 1.27. The molecule has 0 unspecified atom stereocenters. The Morgan fingerprint density at radius 1 is 1.89 bits per heavy atom. The highest BCUT2D eigenvalue weighted by molar-refractivity contribution is 5.91. The van der Waals surface area contributed by atoms with Crippen molar-refractivity contribution in [3.05, 3.63) is 11.9 Å². The summed E-state index contributed by atoms with van der Waals surface area (Å²) in [4.78, 5) is 10.4. The average Bonchev–Trinajstić information content (AvgIpc) is 2.14. The number of hydrogen-bond donors (Lipinski definition) is 3.